The van der Waals surface area contributed by atoms with Crippen LogP contribution in [0.4, 0.5) is 10.5 Å². The first-order chi connectivity index (χ1) is 9.69. The Kier molecular flexibility index (Phi) is 4.71. The molecule has 0 aliphatic carbocycles. The number of pyridine rings is 1. The molecule has 0 atom stereocenters. The van der Waals surface area contributed by atoms with Crippen LogP contribution in [-0.4, -0.2) is 11.0 Å². The van der Waals surface area contributed by atoms with Crippen LogP contribution in [0.2, 0.25) is 0 Å². The van der Waals surface area contributed by atoms with Crippen molar-refractivity contribution in [3.8, 4) is 0 Å². The van der Waals surface area contributed by atoms with E-state index in [4.69, 9.17) is 0 Å². The fourth-order valence-electron chi connectivity index (χ4n) is 1.86. The Morgan fingerprint density at radius 1 is 1.15 bits per heavy atom. The number of hydrogen-bond donors (Lipinski definition) is 2. The molecule has 4 heteroatoms. The molecule has 0 aliphatic heterocycles. The van der Waals surface area contributed by atoms with Gasteiger partial charge in [-0.15, -0.1) is 0 Å². The van der Waals surface area contributed by atoms with Crippen molar-refractivity contribution in [2.75, 3.05) is 5.32 Å². The van der Waals surface area contributed by atoms with E-state index in [9.17, 15) is 4.79 Å². The van der Waals surface area contributed by atoms with Crippen LogP contribution in [0.3, 0.4) is 0 Å². The van der Waals surface area contributed by atoms with Gasteiger partial charge in [-0.2, -0.15) is 0 Å². The molecule has 0 unspecified atom stereocenters. The molecule has 0 spiro atoms. The van der Waals surface area contributed by atoms with Crippen molar-refractivity contribution in [3.63, 3.8) is 0 Å². The van der Waals surface area contributed by atoms with Crippen LogP contribution in [0.25, 0.3) is 0 Å². The topological polar surface area (TPSA) is 54.0 Å². The van der Waals surface area contributed by atoms with Crippen LogP contribution in [0.1, 0.15) is 23.6 Å². The molecule has 2 rings (SSSR count). The summed E-state index contributed by atoms with van der Waals surface area (Å²) >= 11 is 0. The molecule has 1 aromatic heterocycles. The minimum Gasteiger partial charge on any atom is -0.334 e. The molecule has 2 aromatic rings. The van der Waals surface area contributed by atoms with Crippen LogP contribution in [0.5, 0.6) is 0 Å². The molecule has 0 radical (unpaired) electrons. The van der Waals surface area contributed by atoms with E-state index in [-0.39, 0.29) is 6.03 Å². The third kappa shape index (κ3) is 3.82. The summed E-state index contributed by atoms with van der Waals surface area (Å²) < 4.78 is 0. The number of carbonyl (C=O) groups is 1. The molecular formula is C16H19N3O. The van der Waals surface area contributed by atoms with Crippen molar-refractivity contribution in [2.45, 2.75) is 26.8 Å². The van der Waals surface area contributed by atoms with Crippen molar-refractivity contribution in [2.24, 2.45) is 0 Å². The third-order valence-electron chi connectivity index (χ3n) is 3.15. The summed E-state index contributed by atoms with van der Waals surface area (Å²) in [6.45, 7) is 4.55. The van der Waals surface area contributed by atoms with E-state index in [1.165, 1.54) is 5.56 Å². The maximum absolute atomic E-state index is 11.8. The van der Waals surface area contributed by atoms with Gasteiger partial charge in [0.1, 0.15) is 0 Å². The fourth-order valence-corrected chi connectivity index (χ4v) is 1.86. The summed E-state index contributed by atoms with van der Waals surface area (Å²) in [5.41, 5.74) is 4.10. The third-order valence-corrected chi connectivity index (χ3v) is 3.15. The Morgan fingerprint density at radius 3 is 2.50 bits per heavy atom. The Bertz CT molecular complexity index is 579. The lowest BCUT2D eigenvalue weighted by Crippen LogP contribution is -2.28. The summed E-state index contributed by atoms with van der Waals surface area (Å²) in [6.07, 6.45) is 4.40. The second kappa shape index (κ2) is 6.70. The highest BCUT2D eigenvalue weighted by Gasteiger charge is 2.03. The quantitative estimate of drug-likeness (QED) is 0.895. The normalized spacial score (nSPS) is 10.1. The first-order valence-electron chi connectivity index (χ1n) is 6.72. The smallest absolute Gasteiger partial charge is 0.319 e. The Labute approximate surface area is 119 Å². The lowest BCUT2D eigenvalue weighted by Gasteiger charge is -2.09. The predicted octanol–water partition coefficient (Wildman–Crippen LogP) is 3.27. The lowest BCUT2D eigenvalue weighted by atomic mass is 10.1. The van der Waals surface area contributed by atoms with Gasteiger partial charge in [-0.05, 0) is 36.1 Å². The van der Waals surface area contributed by atoms with Gasteiger partial charge in [0, 0.05) is 24.6 Å². The largest absolute Gasteiger partial charge is 0.334 e. The number of nitrogens with one attached hydrogen (secondary N) is 2. The van der Waals surface area contributed by atoms with E-state index < -0.39 is 0 Å². The van der Waals surface area contributed by atoms with Crippen molar-refractivity contribution < 1.29 is 4.79 Å². The van der Waals surface area contributed by atoms with E-state index >= 15 is 0 Å². The summed E-state index contributed by atoms with van der Waals surface area (Å²) in [5, 5.41) is 5.65. The van der Waals surface area contributed by atoms with E-state index in [2.05, 4.69) is 34.7 Å². The average molecular weight is 269 g/mol. The molecule has 1 aromatic carbocycles. The van der Waals surface area contributed by atoms with E-state index in [1.54, 1.807) is 18.5 Å². The first kappa shape index (κ1) is 14.1. The predicted molar refractivity (Wildman–Crippen MR) is 80.7 cm³/mol. The van der Waals surface area contributed by atoms with E-state index in [1.807, 2.05) is 19.1 Å². The number of rotatable bonds is 4. The highest BCUT2D eigenvalue weighted by Crippen LogP contribution is 2.11. The van der Waals surface area contributed by atoms with Gasteiger partial charge in [0.2, 0.25) is 0 Å². The number of benzene rings is 1. The molecular weight excluding hydrogens is 250 g/mol. The van der Waals surface area contributed by atoms with Crippen LogP contribution in [0.15, 0.2) is 42.7 Å². The summed E-state index contributed by atoms with van der Waals surface area (Å²) in [5.74, 6) is 0. The molecule has 0 saturated heterocycles. The van der Waals surface area contributed by atoms with Gasteiger partial charge < -0.3 is 10.6 Å². The van der Waals surface area contributed by atoms with E-state index in [0.29, 0.717) is 6.54 Å². The number of amides is 2. The van der Waals surface area contributed by atoms with Gasteiger partial charge in [0.05, 0.1) is 0 Å². The summed E-state index contributed by atoms with van der Waals surface area (Å²) in [4.78, 5) is 15.8. The molecule has 4 nitrogen and oxygen atoms in total. The monoisotopic (exact) mass is 269 g/mol. The van der Waals surface area contributed by atoms with Crippen LogP contribution in [0, 0.1) is 6.92 Å². The van der Waals surface area contributed by atoms with Crippen LogP contribution >= 0.6 is 0 Å². The number of carbonyl (C=O) groups excluding carboxylic acids is 1. The molecule has 0 saturated carbocycles. The first-order valence-corrected chi connectivity index (χ1v) is 6.72. The Hall–Kier alpha value is -2.36. The number of aromatic nitrogens is 1. The van der Waals surface area contributed by atoms with Gasteiger partial charge >= 0.3 is 6.03 Å². The summed E-state index contributed by atoms with van der Waals surface area (Å²) in [6, 6.07) is 9.82. The fraction of sp³-hybridized carbons (Fsp3) is 0.250. The van der Waals surface area contributed by atoms with Gasteiger partial charge in [-0.25, -0.2) is 4.79 Å². The number of anilines is 1. The van der Waals surface area contributed by atoms with Gasteiger partial charge in [0.15, 0.2) is 0 Å². The Morgan fingerprint density at radius 2 is 1.85 bits per heavy atom. The SMILES string of the molecule is CCc1ccc(CNC(=O)Nc2ccncc2C)cc1. The number of urea groups is 1. The van der Waals surface area contributed by atoms with Gasteiger partial charge in [0.25, 0.3) is 0 Å². The van der Waals surface area contributed by atoms with Crippen molar-refractivity contribution >= 4 is 11.7 Å². The molecule has 0 aliphatic rings. The van der Waals surface area contributed by atoms with Gasteiger partial charge in [-0.3, -0.25) is 4.98 Å². The molecule has 2 N–H and O–H groups in total. The molecule has 20 heavy (non-hydrogen) atoms. The van der Waals surface area contributed by atoms with Gasteiger partial charge in [-0.1, -0.05) is 31.2 Å². The van der Waals surface area contributed by atoms with Crippen molar-refractivity contribution in [1.29, 1.82) is 0 Å². The standard InChI is InChI=1S/C16H19N3O/c1-3-13-4-6-14(7-5-13)11-18-16(20)19-15-8-9-17-10-12(15)2/h4-10H,3,11H2,1-2H3,(H2,17,18,19,20). The minimum absolute atomic E-state index is 0.209. The maximum Gasteiger partial charge on any atom is 0.319 e. The minimum atomic E-state index is -0.209. The Balaban J connectivity index is 1.87. The van der Waals surface area contributed by atoms with Crippen LogP contribution < -0.4 is 10.6 Å². The zero-order chi connectivity index (χ0) is 14.4. The van der Waals surface area contributed by atoms with E-state index in [0.717, 1.165) is 23.2 Å². The van der Waals surface area contributed by atoms with Crippen molar-refractivity contribution in [3.05, 3.63) is 59.4 Å². The zero-order valence-electron chi connectivity index (χ0n) is 11.8. The molecule has 0 bridgehead atoms. The average Bonchev–Trinajstić information content (AvgIpc) is 2.48. The number of nitrogens with zero attached hydrogens (tertiary/aromatic N) is 1. The molecule has 104 valence electrons. The highest BCUT2D eigenvalue weighted by atomic mass is 16.2. The maximum atomic E-state index is 11.8. The van der Waals surface area contributed by atoms with Crippen LogP contribution in [-0.2, 0) is 13.0 Å². The molecule has 0 fully saturated rings. The summed E-state index contributed by atoms with van der Waals surface area (Å²) in [7, 11) is 0. The second-order valence-corrected chi connectivity index (χ2v) is 4.67. The number of aryl methyl sites for hydroxylation is 2. The lowest BCUT2D eigenvalue weighted by molar-refractivity contribution is 0.251. The molecule has 2 amide bonds. The zero-order valence-corrected chi connectivity index (χ0v) is 11.8. The number of hydrogen-bond acceptors (Lipinski definition) is 2. The molecule has 1 heterocycles. The second-order valence-electron chi connectivity index (χ2n) is 4.67. The van der Waals surface area contributed by atoms with Crippen molar-refractivity contribution in [1.82, 2.24) is 10.3 Å². The highest BCUT2D eigenvalue weighted by molar-refractivity contribution is 5.89.